The molecule has 148 valence electrons. The third-order valence-electron chi connectivity index (χ3n) is 6.76. The topological polar surface area (TPSA) is 20.2 Å². The molecule has 26 heavy (non-hydrogen) atoms. The summed E-state index contributed by atoms with van der Waals surface area (Å²) in [6, 6.07) is 6.41. The van der Waals surface area contributed by atoms with Gasteiger partial charge in [-0.15, -0.1) is 0 Å². The maximum Gasteiger partial charge on any atom is 0.119 e. The first kappa shape index (κ1) is 21.3. The number of hydrogen-bond donors (Lipinski definition) is 1. The summed E-state index contributed by atoms with van der Waals surface area (Å²) in [5.41, 5.74) is 3.62. The van der Waals surface area contributed by atoms with E-state index in [-0.39, 0.29) is 0 Å². The second-order valence-corrected chi connectivity index (χ2v) is 9.91. The molecule has 0 amide bonds. The van der Waals surface area contributed by atoms with Crippen LogP contribution in [0.1, 0.15) is 109 Å². The minimum atomic E-state index is 0.504. The Hall–Kier alpha value is -0.980. The van der Waals surface area contributed by atoms with Crippen LogP contribution in [0.2, 0.25) is 0 Å². The second kappa shape index (κ2) is 9.81. The van der Waals surface area contributed by atoms with Gasteiger partial charge in [0.05, 0.1) is 0 Å². The van der Waals surface area contributed by atoms with Crippen molar-refractivity contribution in [3.63, 3.8) is 0 Å². The highest BCUT2D eigenvalue weighted by atomic mass is 16.3. The van der Waals surface area contributed by atoms with Gasteiger partial charge < -0.3 is 5.11 Å². The zero-order chi connectivity index (χ0) is 19.0. The number of aromatic hydroxyl groups is 1. The van der Waals surface area contributed by atoms with Crippen LogP contribution in [-0.2, 0) is 12.8 Å². The molecule has 0 spiro atoms. The van der Waals surface area contributed by atoms with E-state index in [2.05, 4.69) is 39.8 Å². The van der Waals surface area contributed by atoms with Gasteiger partial charge in [-0.25, -0.2) is 0 Å². The number of unbranched alkanes of at least 4 members (excludes halogenated alkanes) is 4. The summed E-state index contributed by atoms with van der Waals surface area (Å²) < 4.78 is 0. The third-order valence-corrected chi connectivity index (χ3v) is 6.76. The fourth-order valence-electron chi connectivity index (χ4n) is 3.77. The fourth-order valence-corrected chi connectivity index (χ4v) is 3.77. The Labute approximate surface area is 162 Å². The van der Waals surface area contributed by atoms with Gasteiger partial charge in [-0.3, -0.25) is 0 Å². The fraction of sp³-hybridized carbons (Fsp3) is 0.760. The summed E-state index contributed by atoms with van der Waals surface area (Å²) in [6.07, 6.45) is 16.7. The highest BCUT2D eigenvalue weighted by molar-refractivity contribution is 5.36. The molecule has 0 heterocycles. The van der Waals surface area contributed by atoms with E-state index in [1.54, 1.807) is 0 Å². The Bertz CT molecular complexity index is 539. The molecular formula is C25H42O. The Balaban J connectivity index is 1.60. The first-order valence-corrected chi connectivity index (χ1v) is 11.1. The van der Waals surface area contributed by atoms with E-state index < -0.39 is 0 Å². The molecule has 1 N–H and O–H groups in total. The van der Waals surface area contributed by atoms with E-state index in [9.17, 15) is 5.11 Å². The van der Waals surface area contributed by atoms with E-state index in [1.165, 1.54) is 76.2 Å². The van der Waals surface area contributed by atoms with E-state index >= 15 is 0 Å². The van der Waals surface area contributed by atoms with Gasteiger partial charge in [-0.1, -0.05) is 71.9 Å². The van der Waals surface area contributed by atoms with Gasteiger partial charge in [0.1, 0.15) is 5.75 Å². The average Bonchev–Trinajstić information content (AvgIpc) is 3.34. The first-order chi connectivity index (χ1) is 12.3. The predicted molar refractivity (Wildman–Crippen MR) is 114 cm³/mol. The van der Waals surface area contributed by atoms with Crippen molar-refractivity contribution in [3.05, 3.63) is 29.3 Å². The lowest BCUT2D eigenvalue weighted by Crippen LogP contribution is -2.08. The standard InChI is InChI=1S/C25H42O/c1-5-24(2,3)16-10-7-6-8-13-22-15-14-21(20-23(22)26)12-9-11-17-25(4)18-19-25/h14-15,20,26H,5-13,16-19H2,1-4H3. The largest absolute Gasteiger partial charge is 0.508 e. The van der Waals surface area contributed by atoms with E-state index in [0.29, 0.717) is 16.6 Å². The van der Waals surface area contributed by atoms with Crippen molar-refractivity contribution in [2.75, 3.05) is 0 Å². The molecule has 0 atom stereocenters. The van der Waals surface area contributed by atoms with E-state index in [4.69, 9.17) is 0 Å². The van der Waals surface area contributed by atoms with Crippen molar-refractivity contribution in [2.45, 2.75) is 111 Å². The molecule has 0 bridgehead atoms. The molecule has 1 fully saturated rings. The number of phenolic OH excluding ortho intramolecular Hbond substituents is 1. The first-order valence-electron chi connectivity index (χ1n) is 11.1. The molecule has 0 aromatic heterocycles. The third kappa shape index (κ3) is 7.72. The quantitative estimate of drug-likeness (QED) is 0.356. The summed E-state index contributed by atoms with van der Waals surface area (Å²) in [6.45, 7) is 9.45. The Morgan fingerprint density at radius 1 is 0.962 bits per heavy atom. The minimum Gasteiger partial charge on any atom is -0.508 e. The van der Waals surface area contributed by atoms with Crippen LogP contribution < -0.4 is 0 Å². The molecule has 1 aliphatic carbocycles. The lowest BCUT2D eigenvalue weighted by atomic mass is 9.84. The molecule has 1 aromatic carbocycles. The molecule has 0 saturated heterocycles. The van der Waals surface area contributed by atoms with Gasteiger partial charge in [0.15, 0.2) is 0 Å². The van der Waals surface area contributed by atoms with Gasteiger partial charge >= 0.3 is 0 Å². The molecule has 1 aliphatic rings. The van der Waals surface area contributed by atoms with Crippen molar-refractivity contribution in [1.82, 2.24) is 0 Å². The summed E-state index contributed by atoms with van der Waals surface area (Å²) >= 11 is 0. The molecule has 2 rings (SSSR count). The molecule has 1 aromatic rings. The number of aryl methyl sites for hydroxylation is 2. The smallest absolute Gasteiger partial charge is 0.119 e. The molecule has 1 heteroatoms. The maximum absolute atomic E-state index is 10.3. The zero-order valence-corrected chi connectivity index (χ0v) is 17.9. The van der Waals surface area contributed by atoms with Crippen molar-refractivity contribution in [3.8, 4) is 5.75 Å². The van der Waals surface area contributed by atoms with Crippen LogP contribution >= 0.6 is 0 Å². The molecule has 0 aliphatic heterocycles. The Kier molecular flexibility index (Phi) is 8.05. The molecule has 0 unspecified atom stereocenters. The van der Waals surface area contributed by atoms with Gasteiger partial charge in [-0.2, -0.15) is 0 Å². The number of hydrogen-bond acceptors (Lipinski definition) is 1. The summed E-state index contributed by atoms with van der Waals surface area (Å²) in [5.74, 6) is 0.517. The van der Waals surface area contributed by atoms with E-state index in [1.807, 2.05) is 6.07 Å². The van der Waals surface area contributed by atoms with E-state index in [0.717, 1.165) is 18.4 Å². The highest BCUT2D eigenvalue weighted by Crippen LogP contribution is 2.49. The van der Waals surface area contributed by atoms with Crippen LogP contribution in [0.5, 0.6) is 5.75 Å². The van der Waals surface area contributed by atoms with Crippen molar-refractivity contribution in [2.24, 2.45) is 10.8 Å². The minimum absolute atomic E-state index is 0.504. The van der Waals surface area contributed by atoms with Gasteiger partial charge in [0.2, 0.25) is 0 Å². The van der Waals surface area contributed by atoms with Crippen LogP contribution in [-0.4, -0.2) is 5.11 Å². The van der Waals surface area contributed by atoms with Crippen LogP contribution in [0.25, 0.3) is 0 Å². The highest BCUT2D eigenvalue weighted by Gasteiger charge is 2.35. The van der Waals surface area contributed by atoms with Crippen LogP contribution in [0.15, 0.2) is 18.2 Å². The van der Waals surface area contributed by atoms with Crippen molar-refractivity contribution < 1.29 is 5.11 Å². The second-order valence-electron chi connectivity index (χ2n) is 9.91. The van der Waals surface area contributed by atoms with Crippen LogP contribution in [0.3, 0.4) is 0 Å². The van der Waals surface area contributed by atoms with Crippen LogP contribution in [0.4, 0.5) is 0 Å². The Morgan fingerprint density at radius 3 is 2.31 bits per heavy atom. The van der Waals surface area contributed by atoms with Crippen LogP contribution in [0, 0.1) is 10.8 Å². The number of benzene rings is 1. The lowest BCUT2D eigenvalue weighted by Gasteiger charge is -2.22. The molecule has 1 nitrogen and oxygen atoms in total. The normalized spacial score (nSPS) is 16.0. The Morgan fingerprint density at radius 2 is 1.65 bits per heavy atom. The van der Waals surface area contributed by atoms with Gasteiger partial charge in [-0.05, 0) is 79.4 Å². The van der Waals surface area contributed by atoms with Crippen molar-refractivity contribution >= 4 is 0 Å². The number of phenols is 1. The SMILES string of the molecule is CCC(C)(C)CCCCCCc1ccc(CCCCC2(C)CC2)cc1O. The predicted octanol–water partition coefficient (Wildman–Crippen LogP) is 7.83. The summed E-state index contributed by atoms with van der Waals surface area (Å²) in [7, 11) is 0. The molecular weight excluding hydrogens is 316 g/mol. The summed E-state index contributed by atoms with van der Waals surface area (Å²) in [4.78, 5) is 0. The average molecular weight is 359 g/mol. The van der Waals surface area contributed by atoms with Crippen molar-refractivity contribution in [1.29, 1.82) is 0 Å². The maximum atomic E-state index is 10.3. The molecule has 1 saturated carbocycles. The molecule has 0 radical (unpaired) electrons. The summed E-state index contributed by atoms with van der Waals surface area (Å²) in [5, 5.41) is 10.3. The van der Waals surface area contributed by atoms with Gasteiger partial charge in [0, 0.05) is 0 Å². The van der Waals surface area contributed by atoms with Gasteiger partial charge in [0.25, 0.3) is 0 Å². The number of rotatable bonds is 13. The lowest BCUT2D eigenvalue weighted by molar-refractivity contribution is 0.307. The zero-order valence-electron chi connectivity index (χ0n) is 17.9. The monoisotopic (exact) mass is 358 g/mol.